The van der Waals surface area contributed by atoms with Crippen LogP contribution in [0.3, 0.4) is 0 Å². The fourth-order valence-corrected chi connectivity index (χ4v) is 2.43. The molecule has 0 fully saturated rings. The number of rotatable bonds is 5. The summed E-state index contributed by atoms with van der Waals surface area (Å²) < 4.78 is 5.31. The van der Waals surface area contributed by atoms with E-state index in [2.05, 4.69) is 30.9 Å². The molecule has 2 aromatic carbocycles. The van der Waals surface area contributed by atoms with Gasteiger partial charge in [-0.15, -0.1) is 0 Å². The summed E-state index contributed by atoms with van der Waals surface area (Å²) in [5, 5.41) is 7.80. The number of anilines is 2. The van der Waals surface area contributed by atoms with Gasteiger partial charge in [-0.3, -0.25) is 5.41 Å². The number of nitrogen functional groups attached to an aromatic ring is 1. The van der Waals surface area contributed by atoms with Crippen LogP contribution in [0.15, 0.2) is 42.5 Å². The van der Waals surface area contributed by atoms with Crippen molar-refractivity contribution in [3.8, 4) is 5.75 Å². The minimum absolute atomic E-state index is 0.0553. The largest absolute Gasteiger partial charge is 0.497 e. The molecule has 2 aromatic rings. The summed E-state index contributed by atoms with van der Waals surface area (Å²) in [4.78, 5) is 2.15. The minimum Gasteiger partial charge on any atom is -0.497 e. The molecule has 0 amide bonds. The van der Waals surface area contributed by atoms with Crippen LogP contribution in [0.1, 0.15) is 18.1 Å². The molecule has 0 aliphatic carbocycles. The smallest absolute Gasteiger partial charge is 0.124 e. The molecule has 3 N–H and O–H groups in total. The van der Waals surface area contributed by atoms with E-state index in [0.29, 0.717) is 5.56 Å². The van der Waals surface area contributed by atoms with Gasteiger partial charge in [-0.25, -0.2) is 0 Å². The van der Waals surface area contributed by atoms with Crippen LogP contribution < -0.4 is 15.4 Å². The molecule has 0 heterocycles. The second-order valence-electron chi connectivity index (χ2n) is 4.83. The molecule has 4 heteroatoms. The van der Waals surface area contributed by atoms with Gasteiger partial charge in [-0.2, -0.15) is 0 Å². The highest BCUT2D eigenvalue weighted by Gasteiger charge is 2.16. The number of amidine groups is 1. The van der Waals surface area contributed by atoms with Crippen LogP contribution in [-0.4, -0.2) is 19.5 Å². The maximum absolute atomic E-state index is 7.80. The van der Waals surface area contributed by atoms with E-state index in [1.165, 1.54) is 5.56 Å². The van der Waals surface area contributed by atoms with Crippen molar-refractivity contribution in [3.05, 3.63) is 53.6 Å². The highest BCUT2D eigenvalue weighted by Crippen LogP contribution is 2.33. The number of hydrogen-bond acceptors (Lipinski definition) is 3. The SMILES string of the molecule is CCN(c1ccccc1C)c1cc(OC)ccc1C(=N)N. The van der Waals surface area contributed by atoms with Crippen LogP contribution in [0.25, 0.3) is 0 Å². The van der Waals surface area contributed by atoms with Gasteiger partial charge < -0.3 is 15.4 Å². The Morgan fingerprint density at radius 1 is 1.19 bits per heavy atom. The summed E-state index contributed by atoms with van der Waals surface area (Å²) in [6, 6.07) is 13.8. The van der Waals surface area contributed by atoms with Crippen molar-refractivity contribution in [2.45, 2.75) is 13.8 Å². The van der Waals surface area contributed by atoms with E-state index in [9.17, 15) is 0 Å². The number of hydrogen-bond donors (Lipinski definition) is 2. The van der Waals surface area contributed by atoms with E-state index in [0.717, 1.165) is 23.7 Å². The lowest BCUT2D eigenvalue weighted by atomic mass is 10.1. The molecule has 0 aromatic heterocycles. The van der Waals surface area contributed by atoms with Crippen LogP contribution in [-0.2, 0) is 0 Å². The quantitative estimate of drug-likeness (QED) is 0.652. The first-order valence-electron chi connectivity index (χ1n) is 6.94. The first kappa shape index (κ1) is 14.9. The Hall–Kier alpha value is -2.49. The molecule has 0 aliphatic rings. The first-order valence-corrected chi connectivity index (χ1v) is 6.94. The van der Waals surface area contributed by atoms with Crippen molar-refractivity contribution in [1.29, 1.82) is 5.41 Å². The van der Waals surface area contributed by atoms with Crippen LogP contribution in [0.2, 0.25) is 0 Å². The maximum Gasteiger partial charge on any atom is 0.124 e. The van der Waals surface area contributed by atoms with Crippen molar-refractivity contribution in [1.82, 2.24) is 0 Å². The van der Waals surface area contributed by atoms with Crippen LogP contribution in [0.5, 0.6) is 5.75 Å². The molecule has 0 aliphatic heterocycles. The Balaban J connectivity index is 2.61. The lowest BCUT2D eigenvalue weighted by Crippen LogP contribution is -2.22. The molecule has 0 radical (unpaired) electrons. The average Bonchev–Trinajstić information content (AvgIpc) is 2.49. The fraction of sp³-hybridized carbons (Fsp3) is 0.235. The average molecular weight is 283 g/mol. The molecule has 0 saturated heterocycles. The molecular weight excluding hydrogens is 262 g/mol. The van der Waals surface area contributed by atoms with Gasteiger partial charge in [0.2, 0.25) is 0 Å². The molecule has 0 unspecified atom stereocenters. The highest BCUT2D eigenvalue weighted by atomic mass is 16.5. The molecule has 21 heavy (non-hydrogen) atoms. The lowest BCUT2D eigenvalue weighted by molar-refractivity contribution is 0.415. The molecule has 0 atom stereocenters. The van der Waals surface area contributed by atoms with E-state index in [4.69, 9.17) is 15.9 Å². The zero-order chi connectivity index (χ0) is 15.4. The second-order valence-corrected chi connectivity index (χ2v) is 4.83. The molecule has 0 bridgehead atoms. The third-order valence-electron chi connectivity index (χ3n) is 3.51. The van der Waals surface area contributed by atoms with E-state index < -0.39 is 0 Å². The number of para-hydroxylation sites is 1. The summed E-state index contributed by atoms with van der Waals surface area (Å²) in [6.45, 7) is 4.93. The minimum atomic E-state index is 0.0553. The summed E-state index contributed by atoms with van der Waals surface area (Å²) in [5.74, 6) is 0.807. The molecular formula is C17H21N3O. The summed E-state index contributed by atoms with van der Waals surface area (Å²) in [5.41, 5.74) is 9.61. The van der Waals surface area contributed by atoms with Crippen molar-refractivity contribution in [2.24, 2.45) is 5.73 Å². The van der Waals surface area contributed by atoms with Gasteiger partial charge in [0.15, 0.2) is 0 Å². The Morgan fingerprint density at radius 2 is 1.90 bits per heavy atom. The predicted octanol–water partition coefficient (Wildman–Crippen LogP) is 3.45. The molecule has 2 rings (SSSR count). The highest BCUT2D eigenvalue weighted by molar-refractivity contribution is 6.01. The Morgan fingerprint density at radius 3 is 2.48 bits per heavy atom. The molecule has 4 nitrogen and oxygen atoms in total. The zero-order valence-corrected chi connectivity index (χ0v) is 12.7. The van der Waals surface area contributed by atoms with Gasteiger partial charge in [0.1, 0.15) is 11.6 Å². The van der Waals surface area contributed by atoms with Crippen molar-refractivity contribution in [3.63, 3.8) is 0 Å². The van der Waals surface area contributed by atoms with Gasteiger partial charge in [-0.05, 0) is 37.6 Å². The summed E-state index contributed by atoms with van der Waals surface area (Å²) in [7, 11) is 1.64. The predicted molar refractivity (Wildman–Crippen MR) is 87.9 cm³/mol. The monoisotopic (exact) mass is 283 g/mol. The Labute approximate surface area is 125 Å². The first-order chi connectivity index (χ1) is 10.1. The number of benzene rings is 2. The summed E-state index contributed by atoms with van der Waals surface area (Å²) in [6.07, 6.45) is 0. The Bertz CT molecular complexity index is 652. The summed E-state index contributed by atoms with van der Waals surface area (Å²) >= 11 is 0. The maximum atomic E-state index is 7.80. The van der Waals surface area contributed by atoms with Gasteiger partial charge >= 0.3 is 0 Å². The fourth-order valence-electron chi connectivity index (χ4n) is 2.43. The van der Waals surface area contributed by atoms with E-state index in [-0.39, 0.29) is 5.84 Å². The molecule has 0 saturated carbocycles. The normalized spacial score (nSPS) is 10.2. The third kappa shape index (κ3) is 2.99. The number of nitrogens with two attached hydrogens (primary N) is 1. The van der Waals surface area contributed by atoms with Gasteiger partial charge in [-0.1, -0.05) is 18.2 Å². The van der Waals surface area contributed by atoms with Crippen molar-refractivity contribution in [2.75, 3.05) is 18.6 Å². The topological polar surface area (TPSA) is 62.3 Å². The van der Waals surface area contributed by atoms with Gasteiger partial charge in [0.25, 0.3) is 0 Å². The standard InChI is InChI=1S/C17H21N3O/c1-4-20(15-8-6-5-7-12(15)2)16-11-13(21-3)9-10-14(16)17(18)19/h5-11H,4H2,1-3H3,(H3,18,19). The van der Waals surface area contributed by atoms with Crippen molar-refractivity contribution >= 4 is 17.2 Å². The number of methoxy groups -OCH3 is 1. The van der Waals surface area contributed by atoms with Crippen LogP contribution in [0, 0.1) is 12.3 Å². The Kier molecular flexibility index (Phi) is 4.48. The zero-order valence-electron chi connectivity index (χ0n) is 12.7. The second kappa shape index (κ2) is 6.31. The van der Waals surface area contributed by atoms with E-state index in [1.54, 1.807) is 7.11 Å². The lowest BCUT2D eigenvalue weighted by Gasteiger charge is -2.27. The van der Waals surface area contributed by atoms with Crippen LogP contribution in [0.4, 0.5) is 11.4 Å². The number of nitrogens with zero attached hydrogens (tertiary/aromatic N) is 1. The number of aryl methyl sites for hydroxylation is 1. The molecule has 110 valence electrons. The van der Waals surface area contributed by atoms with E-state index >= 15 is 0 Å². The van der Waals surface area contributed by atoms with Gasteiger partial charge in [0.05, 0.1) is 12.8 Å². The van der Waals surface area contributed by atoms with Crippen molar-refractivity contribution < 1.29 is 4.74 Å². The van der Waals surface area contributed by atoms with Crippen LogP contribution >= 0.6 is 0 Å². The van der Waals surface area contributed by atoms with E-state index in [1.807, 2.05) is 30.3 Å². The molecule has 0 spiro atoms. The number of ether oxygens (including phenoxy) is 1. The third-order valence-corrected chi connectivity index (χ3v) is 3.51. The van der Waals surface area contributed by atoms with Gasteiger partial charge in [0, 0.05) is 23.9 Å². The number of nitrogens with one attached hydrogen (secondary N) is 1.